The molecule has 0 atom stereocenters. The third-order valence-electron chi connectivity index (χ3n) is 9.45. The van der Waals surface area contributed by atoms with Crippen LogP contribution in [0.15, 0.2) is 0 Å². The van der Waals surface area contributed by atoms with Crippen LogP contribution in [0.5, 0.6) is 0 Å². The Morgan fingerprint density at radius 3 is 0.569 bits per heavy atom. The summed E-state index contributed by atoms with van der Waals surface area (Å²) in [6.07, 6.45) is 46.5. The Bertz CT molecular complexity index is 787. The standard InChI is InChI=1S/2C20H42O4S.Mg/c2*1-2-3-4-5-6-7-8-9-10-11-12-13-14-15-16-17-18-19-20-24-25(21,22)23;/h2*2-20H2,1H3,(H,21,22,23);/q;;+2/p-2. The summed E-state index contributed by atoms with van der Waals surface area (Å²) in [5.74, 6) is 0. The van der Waals surface area contributed by atoms with Crippen molar-refractivity contribution in [2.24, 2.45) is 0 Å². The molecule has 304 valence electrons. The molecule has 0 amide bonds. The molecule has 0 aromatic rings. The van der Waals surface area contributed by atoms with Crippen LogP contribution >= 0.6 is 0 Å². The van der Waals surface area contributed by atoms with Crippen molar-refractivity contribution in [3.05, 3.63) is 0 Å². The van der Waals surface area contributed by atoms with Gasteiger partial charge in [0.15, 0.2) is 0 Å². The van der Waals surface area contributed by atoms with Gasteiger partial charge in [0, 0.05) is 0 Å². The van der Waals surface area contributed by atoms with Crippen molar-refractivity contribution in [2.45, 2.75) is 245 Å². The Morgan fingerprint density at radius 2 is 0.431 bits per heavy atom. The quantitative estimate of drug-likeness (QED) is 0.0260. The normalized spacial score (nSPS) is 11.7. The van der Waals surface area contributed by atoms with Crippen molar-refractivity contribution >= 4 is 43.9 Å². The average Bonchev–Trinajstić information content (AvgIpc) is 3.06. The molecule has 0 saturated heterocycles. The molecule has 0 bridgehead atoms. The molecule has 0 aliphatic heterocycles. The first-order valence-electron chi connectivity index (χ1n) is 21.3. The Balaban J connectivity index is -0.000000886. The molecule has 0 radical (unpaired) electrons. The van der Waals surface area contributed by atoms with Gasteiger partial charge in [-0.15, -0.1) is 0 Å². The summed E-state index contributed by atoms with van der Waals surface area (Å²) in [5, 5.41) is 0. The first kappa shape index (κ1) is 55.8. The van der Waals surface area contributed by atoms with E-state index >= 15 is 0 Å². The number of unbranched alkanes of at least 4 members (excludes halogenated alkanes) is 34. The molecule has 0 aliphatic carbocycles. The van der Waals surface area contributed by atoms with Crippen molar-refractivity contribution in [1.29, 1.82) is 0 Å². The second-order valence-electron chi connectivity index (χ2n) is 14.5. The van der Waals surface area contributed by atoms with Gasteiger partial charge in [0.25, 0.3) is 0 Å². The van der Waals surface area contributed by atoms with Crippen LogP contribution in [-0.2, 0) is 29.2 Å². The van der Waals surface area contributed by atoms with E-state index in [9.17, 15) is 25.9 Å². The zero-order valence-electron chi connectivity index (χ0n) is 33.7. The number of rotatable bonds is 40. The van der Waals surface area contributed by atoms with Crippen LogP contribution in [0.2, 0.25) is 0 Å². The molecule has 11 heteroatoms. The van der Waals surface area contributed by atoms with Crippen LogP contribution < -0.4 is 0 Å². The molecule has 0 fully saturated rings. The van der Waals surface area contributed by atoms with Gasteiger partial charge in [-0.1, -0.05) is 232 Å². The molecule has 0 unspecified atom stereocenters. The molecule has 0 aromatic heterocycles. The number of hydrogen-bond acceptors (Lipinski definition) is 8. The first-order chi connectivity index (χ1) is 24.1. The van der Waals surface area contributed by atoms with Gasteiger partial charge in [-0.2, -0.15) is 0 Å². The Hall–Kier alpha value is 0.506. The van der Waals surface area contributed by atoms with E-state index in [-0.39, 0.29) is 36.3 Å². The maximum Gasteiger partial charge on any atom is 2.00 e. The van der Waals surface area contributed by atoms with Gasteiger partial charge in [0.2, 0.25) is 20.8 Å². The van der Waals surface area contributed by atoms with Gasteiger partial charge >= 0.3 is 23.1 Å². The predicted molar refractivity (Wildman–Crippen MR) is 215 cm³/mol. The first-order valence-corrected chi connectivity index (χ1v) is 24.0. The van der Waals surface area contributed by atoms with Crippen LogP contribution in [0.1, 0.15) is 245 Å². The van der Waals surface area contributed by atoms with Gasteiger partial charge in [-0.25, -0.2) is 16.8 Å². The zero-order chi connectivity index (χ0) is 37.3. The van der Waals surface area contributed by atoms with E-state index in [1.807, 2.05) is 0 Å². The van der Waals surface area contributed by atoms with E-state index in [4.69, 9.17) is 0 Å². The van der Waals surface area contributed by atoms with Crippen LogP contribution in [-0.4, -0.2) is 62.2 Å². The van der Waals surface area contributed by atoms with E-state index in [1.165, 1.54) is 193 Å². The van der Waals surface area contributed by atoms with E-state index in [1.54, 1.807) is 0 Å². The van der Waals surface area contributed by atoms with Crippen molar-refractivity contribution in [1.82, 2.24) is 0 Å². The number of hydrogen-bond donors (Lipinski definition) is 0. The van der Waals surface area contributed by atoms with Crippen LogP contribution in [0.4, 0.5) is 0 Å². The van der Waals surface area contributed by atoms with Gasteiger partial charge in [-0.05, 0) is 12.8 Å². The van der Waals surface area contributed by atoms with Gasteiger partial charge < -0.3 is 9.11 Å². The summed E-state index contributed by atoms with van der Waals surface area (Å²) in [6, 6.07) is 0. The molecule has 0 spiro atoms. The van der Waals surface area contributed by atoms with E-state index in [2.05, 4.69) is 22.2 Å². The molecule has 51 heavy (non-hydrogen) atoms. The predicted octanol–water partition coefficient (Wildman–Crippen LogP) is 12.6. The Labute approximate surface area is 334 Å². The minimum atomic E-state index is -4.50. The molecule has 0 heterocycles. The summed E-state index contributed by atoms with van der Waals surface area (Å²) in [7, 11) is -8.99. The maximum atomic E-state index is 10.2. The fourth-order valence-electron chi connectivity index (χ4n) is 6.33. The van der Waals surface area contributed by atoms with Crippen molar-refractivity contribution in [3.8, 4) is 0 Å². The summed E-state index contributed by atoms with van der Waals surface area (Å²) in [4.78, 5) is 0. The molecule has 0 rings (SSSR count). The van der Waals surface area contributed by atoms with Gasteiger partial charge in [0.1, 0.15) is 0 Å². The van der Waals surface area contributed by atoms with Gasteiger partial charge in [-0.3, -0.25) is 8.37 Å². The maximum absolute atomic E-state index is 10.2. The van der Waals surface area contributed by atoms with Crippen LogP contribution in [0.25, 0.3) is 0 Å². The molecule has 0 N–H and O–H groups in total. The van der Waals surface area contributed by atoms with Crippen LogP contribution in [0, 0.1) is 0 Å². The van der Waals surface area contributed by atoms with Crippen LogP contribution in [0.3, 0.4) is 0 Å². The molecule has 0 saturated carbocycles. The minimum absolute atomic E-state index is 0. The van der Waals surface area contributed by atoms with Gasteiger partial charge in [0.05, 0.1) is 13.2 Å². The SMILES string of the molecule is CCCCCCCCCCCCCCCCCCCCOS(=O)(=O)[O-].CCCCCCCCCCCCCCCCCCCCOS(=O)(=O)[O-].[Mg+2]. The fourth-order valence-corrected chi connectivity index (χ4v) is 6.97. The molecular formula is C40H82MgO8S2. The molecule has 0 aliphatic rings. The van der Waals surface area contributed by atoms with Crippen molar-refractivity contribution in [2.75, 3.05) is 13.2 Å². The molecule has 8 nitrogen and oxygen atoms in total. The smallest absolute Gasteiger partial charge is 0.726 e. The summed E-state index contributed by atoms with van der Waals surface area (Å²) < 4.78 is 69.8. The van der Waals surface area contributed by atoms with E-state index in [0.29, 0.717) is 12.8 Å². The molecular weight excluding hydrogens is 697 g/mol. The third-order valence-corrected chi connectivity index (χ3v) is 10.4. The summed E-state index contributed by atoms with van der Waals surface area (Å²) >= 11 is 0. The Kier molecular flexibility index (Phi) is 49.2. The average molecular weight is 780 g/mol. The summed E-state index contributed by atoms with van der Waals surface area (Å²) in [5.41, 5.74) is 0. The van der Waals surface area contributed by atoms with E-state index < -0.39 is 20.8 Å². The van der Waals surface area contributed by atoms with E-state index in [0.717, 1.165) is 25.7 Å². The van der Waals surface area contributed by atoms with Crippen molar-refractivity contribution < 1.29 is 34.3 Å². The minimum Gasteiger partial charge on any atom is -0.726 e. The fraction of sp³-hybridized carbons (Fsp3) is 1.00. The summed E-state index contributed by atoms with van der Waals surface area (Å²) in [6.45, 7) is 4.60. The molecule has 0 aromatic carbocycles. The Morgan fingerprint density at radius 1 is 0.294 bits per heavy atom. The second-order valence-corrected chi connectivity index (χ2v) is 16.6. The van der Waals surface area contributed by atoms with Crippen molar-refractivity contribution in [3.63, 3.8) is 0 Å². The monoisotopic (exact) mass is 779 g/mol. The largest absolute Gasteiger partial charge is 2.00 e. The zero-order valence-corrected chi connectivity index (χ0v) is 36.7. The third kappa shape index (κ3) is 60.0. The topological polar surface area (TPSA) is 133 Å². The second kappa shape index (κ2) is 44.9.